The summed E-state index contributed by atoms with van der Waals surface area (Å²) in [5.74, 6) is -0.989. The smallest absolute Gasteiger partial charge is 0.287 e. The first kappa shape index (κ1) is 20.8. The summed E-state index contributed by atoms with van der Waals surface area (Å²) in [5, 5.41) is 1.46. The number of carbonyl (C=O) groups excluding carboxylic acids is 2. The molecule has 1 aromatic heterocycles. The molecule has 0 aliphatic heterocycles. The highest BCUT2D eigenvalue weighted by Crippen LogP contribution is 2.32. The Kier molecular flexibility index (Phi) is 4.91. The van der Waals surface area contributed by atoms with E-state index in [4.69, 9.17) is 0 Å². The summed E-state index contributed by atoms with van der Waals surface area (Å²) < 4.78 is 30.2. The van der Waals surface area contributed by atoms with Crippen molar-refractivity contribution in [2.24, 2.45) is 0 Å². The number of pyridine rings is 1. The van der Waals surface area contributed by atoms with Crippen LogP contribution in [-0.4, -0.2) is 20.0 Å². The molecule has 1 aliphatic carbocycles. The molecule has 0 fully saturated rings. The first-order valence-electron chi connectivity index (χ1n) is 10.3. The molecule has 7 heteroatoms. The van der Waals surface area contributed by atoms with E-state index in [1.807, 2.05) is 19.1 Å². The number of aryl methyl sites for hydroxylation is 1. The van der Waals surface area contributed by atoms with Crippen LogP contribution in [0.4, 0.5) is 0 Å². The largest absolute Gasteiger partial charge is 0.287 e. The molecular weight excluding hydrogens is 436 g/mol. The fourth-order valence-corrected chi connectivity index (χ4v) is 5.05. The Bertz CT molecular complexity index is 1570. The lowest BCUT2D eigenvalue weighted by molar-refractivity contribution is -0.577. The van der Waals surface area contributed by atoms with E-state index in [1.54, 1.807) is 67.0 Å². The molecule has 1 N–H and O–H groups in total. The lowest BCUT2D eigenvalue weighted by Gasteiger charge is -2.20. The van der Waals surface area contributed by atoms with Gasteiger partial charge in [-0.25, -0.2) is 8.42 Å². The van der Waals surface area contributed by atoms with Crippen LogP contribution < -0.4 is 9.29 Å². The van der Waals surface area contributed by atoms with Crippen LogP contribution in [0.5, 0.6) is 0 Å². The molecule has 3 aromatic carbocycles. The number of aromatic nitrogens is 1. The number of hydrogen-bond donors (Lipinski definition) is 1. The van der Waals surface area contributed by atoms with Gasteiger partial charge in [-0.2, -0.15) is 4.57 Å². The fourth-order valence-electron chi connectivity index (χ4n) is 3.98. The minimum absolute atomic E-state index is 0.00238. The van der Waals surface area contributed by atoms with Gasteiger partial charge in [-0.05, 0) is 35.9 Å². The maximum absolute atomic E-state index is 13.8. The van der Waals surface area contributed by atoms with Crippen LogP contribution in [0.2, 0.25) is 0 Å². The van der Waals surface area contributed by atoms with Crippen LogP contribution >= 0.6 is 0 Å². The van der Waals surface area contributed by atoms with Gasteiger partial charge in [0.25, 0.3) is 21.5 Å². The number of hydrogen-bond acceptors (Lipinski definition) is 4. The Labute approximate surface area is 190 Å². The zero-order chi connectivity index (χ0) is 23.2. The molecule has 162 valence electrons. The Morgan fingerprint density at radius 3 is 2.18 bits per heavy atom. The van der Waals surface area contributed by atoms with Gasteiger partial charge < -0.3 is 0 Å². The van der Waals surface area contributed by atoms with Gasteiger partial charge in [-0.1, -0.05) is 54.1 Å². The number of ketones is 2. The zero-order valence-electron chi connectivity index (χ0n) is 17.6. The molecule has 0 radical (unpaired) electrons. The third-order valence-corrected chi connectivity index (χ3v) is 6.99. The topological polar surface area (TPSA) is 84.2 Å². The predicted molar refractivity (Wildman–Crippen MR) is 124 cm³/mol. The Hall–Kier alpha value is -4.10. The van der Waals surface area contributed by atoms with Gasteiger partial charge in [0.1, 0.15) is 0 Å². The zero-order valence-corrected chi connectivity index (χ0v) is 18.5. The Morgan fingerprint density at radius 1 is 0.758 bits per heavy atom. The van der Waals surface area contributed by atoms with E-state index < -0.39 is 21.6 Å². The van der Waals surface area contributed by atoms with Crippen LogP contribution in [0.3, 0.4) is 0 Å². The lowest BCUT2D eigenvalue weighted by Crippen LogP contribution is -2.44. The summed E-state index contributed by atoms with van der Waals surface area (Å²) in [5.41, 5.74) is 1.02. The molecule has 0 spiro atoms. The summed E-state index contributed by atoms with van der Waals surface area (Å²) in [7, 11) is -4.11. The number of sulfonamides is 1. The molecule has 0 saturated heterocycles. The summed E-state index contributed by atoms with van der Waals surface area (Å²) in [6, 6.07) is 22.1. The van der Waals surface area contributed by atoms with Crippen molar-refractivity contribution in [3.05, 3.63) is 114 Å². The number of fused-ring (bicyclic) bond motifs is 3. The number of nitrogens with one attached hydrogen (secondary N) is 1. The molecule has 1 aliphatic rings. The Morgan fingerprint density at radius 2 is 1.45 bits per heavy atom. The molecule has 0 bridgehead atoms. The van der Waals surface area contributed by atoms with Gasteiger partial charge in [-0.3, -0.25) is 14.3 Å². The van der Waals surface area contributed by atoms with E-state index >= 15 is 0 Å². The van der Waals surface area contributed by atoms with E-state index in [9.17, 15) is 18.0 Å². The van der Waals surface area contributed by atoms with E-state index in [0.29, 0.717) is 5.39 Å². The van der Waals surface area contributed by atoms with E-state index in [-0.39, 0.29) is 27.4 Å². The highest BCUT2D eigenvalue weighted by molar-refractivity contribution is 7.89. The second-order valence-corrected chi connectivity index (χ2v) is 9.47. The minimum Gasteiger partial charge on any atom is -0.287 e. The van der Waals surface area contributed by atoms with Crippen LogP contribution in [0.25, 0.3) is 16.5 Å². The number of allylic oxidation sites excluding steroid dienone is 2. The standard InChI is InChI=1S/C26H18N2O4S/c1-17-9-12-19(13-10-17)33(31,32)27-23-24(28-15-5-2-6-16-28)26(30)22-20-8-4-3-7-18(20)11-14-21(22)25(23)29/h2-16H,1H3/p+1. The van der Waals surface area contributed by atoms with Crippen molar-refractivity contribution in [3.63, 3.8) is 0 Å². The van der Waals surface area contributed by atoms with Crippen molar-refractivity contribution in [2.75, 3.05) is 0 Å². The predicted octanol–water partition coefficient (Wildman–Crippen LogP) is 3.66. The molecule has 5 rings (SSSR count). The van der Waals surface area contributed by atoms with Gasteiger partial charge in [0.2, 0.25) is 5.78 Å². The number of carbonyl (C=O) groups is 2. The first-order chi connectivity index (χ1) is 15.9. The second kappa shape index (κ2) is 7.79. The van der Waals surface area contributed by atoms with Crippen molar-refractivity contribution in [1.82, 2.24) is 4.72 Å². The van der Waals surface area contributed by atoms with E-state index in [0.717, 1.165) is 10.9 Å². The molecule has 0 unspecified atom stereocenters. The fraction of sp³-hybridized carbons (Fsp3) is 0.0385. The van der Waals surface area contributed by atoms with Crippen LogP contribution in [0.1, 0.15) is 26.3 Å². The van der Waals surface area contributed by atoms with Crippen molar-refractivity contribution in [2.45, 2.75) is 11.8 Å². The minimum atomic E-state index is -4.11. The highest BCUT2D eigenvalue weighted by Gasteiger charge is 2.41. The molecule has 0 atom stereocenters. The van der Waals surface area contributed by atoms with Gasteiger partial charge in [0.05, 0.1) is 4.90 Å². The number of Topliss-reactive ketones (excluding diaryl/α,β-unsaturated/α-hetero) is 2. The molecule has 6 nitrogen and oxygen atoms in total. The number of rotatable bonds is 4. The summed E-state index contributed by atoms with van der Waals surface area (Å²) in [6.45, 7) is 1.85. The van der Waals surface area contributed by atoms with Crippen molar-refractivity contribution >= 4 is 38.1 Å². The third-order valence-electron chi connectivity index (χ3n) is 5.62. The van der Waals surface area contributed by atoms with Crippen molar-refractivity contribution in [3.8, 4) is 0 Å². The third kappa shape index (κ3) is 3.52. The monoisotopic (exact) mass is 455 g/mol. The molecule has 4 aromatic rings. The van der Waals surface area contributed by atoms with Crippen LogP contribution in [-0.2, 0) is 10.0 Å². The average Bonchev–Trinajstić information content (AvgIpc) is 2.82. The number of nitrogens with zero attached hydrogens (tertiary/aromatic N) is 1. The van der Waals surface area contributed by atoms with Crippen molar-refractivity contribution < 1.29 is 22.6 Å². The maximum atomic E-state index is 13.8. The molecule has 1 heterocycles. The summed E-state index contributed by atoms with van der Waals surface area (Å²) in [6.07, 6.45) is 3.22. The molecule has 0 saturated carbocycles. The SMILES string of the molecule is Cc1ccc(S(=O)(=O)NC2=C([n+]3ccccc3)C(=O)c3c(ccc4ccccc34)C2=O)cc1. The van der Waals surface area contributed by atoms with Crippen LogP contribution in [0.15, 0.2) is 102 Å². The van der Waals surface area contributed by atoms with Crippen LogP contribution in [0, 0.1) is 6.92 Å². The van der Waals surface area contributed by atoms with E-state index in [1.165, 1.54) is 16.7 Å². The Balaban J connectivity index is 1.74. The molecular formula is C26H19N2O4S+. The lowest BCUT2D eigenvalue weighted by atomic mass is 9.86. The summed E-state index contributed by atoms with van der Waals surface area (Å²) >= 11 is 0. The van der Waals surface area contributed by atoms with Gasteiger partial charge in [-0.15, -0.1) is 0 Å². The highest BCUT2D eigenvalue weighted by atomic mass is 32.2. The molecule has 0 amide bonds. The second-order valence-electron chi connectivity index (χ2n) is 7.79. The maximum Gasteiger partial charge on any atom is 0.287 e. The quantitative estimate of drug-likeness (QED) is 0.476. The van der Waals surface area contributed by atoms with Gasteiger partial charge >= 0.3 is 0 Å². The van der Waals surface area contributed by atoms with E-state index in [2.05, 4.69) is 4.72 Å². The van der Waals surface area contributed by atoms with Gasteiger partial charge in [0, 0.05) is 23.3 Å². The van der Waals surface area contributed by atoms with Crippen molar-refractivity contribution in [1.29, 1.82) is 0 Å². The molecule has 33 heavy (non-hydrogen) atoms. The normalized spacial score (nSPS) is 13.8. The first-order valence-corrected chi connectivity index (χ1v) is 11.8. The average molecular weight is 456 g/mol. The van der Waals surface area contributed by atoms with Gasteiger partial charge in [0.15, 0.2) is 18.1 Å². The number of benzene rings is 3. The summed E-state index contributed by atoms with van der Waals surface area (Å²) in [4.78, 5) is 27.4.